The predicted molar refractivity (Wildman–Crippen MR) is 102 cm³/mol. The Labute approximate surface area is 162 Å². The van der Waals surface area contributed by atoms with E-state index < -0.39 is 11.7 Å². The first-order valence-corrected chi connectivity index (χ1v) is 9.95. The number of hydrogen-bond donors (Lipinski definition) is 1. The fourth-order valence-electron chi connectivity index (χ4n) is 2.51. The zero-order chi connectivity index (χ0) is 19.4. The number of amides is 1. The van der Waals surface area contributed by atoms with E-state index >= 15 is 0 Å². The molecule has 0 bridgehead atoms. The van der Waals surface area contributed by atoms with E-state index in [2.05, 4.69) is 10.3 Å². The maximum absolute atomic E-state index is 12.5. The second kappa shape index (κ2) is 8.22. The standard InChI is InChI=1S/C19H17F3N2OS2/c1-12-24-16(11-26-12)17-7-6-15(27-17)8-9-23-18(25)10-13-2-4-14(5-3-13)19(20,21)22/h2-7,11H,8-10H2,1H3,(H,23,25). The van der Waals surface area contributed by atoms with E-state index in [9.17, 15) is 18.0 Å². The average molecular weight is 410 g/mol. The van der Waals surface area contributed by atoms with Crippen LogP contribution in [0.1, 0.15) is 21.0 Å². The van der Waals surface area contributed by atoms with E-state index in [1.165, 1.54) is 12.1 Å². The first kappa shape index (κ1) is 19.6. The Kier molecular flexibility index (Phi) is 5.96. The highest BCUT2D eigenvalue weighted by Crippen LogP contribution is 2.30. The van der Waals surface area contributed by atoms with Gasteiger partial charge in [-0.1, -0.05) is 12.1 Å². The summed E-state index contributed by atoms with van der Waals surface area (Å²) in [6.45, 7) is 2.45. The topological polar surface area (TPSA) is 42.0 Å². The highest BCUT2D eigenvalue weighted by molar-refractivity contribution is 7.16. The van der Waals surface area contributed by atoms with Crippen molar-refractivity contribution in [1.29, 1.82) is 0 Å². The molecule has 1 amide bonds. The van der Waals surface area contributed by atoms with Gasteiger partial charge in [-0.3, -0.25) is 4.79 Å². The highest BCUT2D eigenvalue weighted by Gasteiger charge is 2.29. The molecule has 2 aromatic heterocycles. The smallest absolute Gasteiger partial charge is 0.355 e. The van der Waals surface area contributed by atoms with Crippen LogP contribution in [0.4, 0.5) is 13.2 Å². The molecule has 0 fully saturated rings. The molecule has 3 rings (SSSR count). The second-order valence-corrected chi connectivity index (χ2v) is 8.22. The van der Waals surface area contributed by atoms with Crippen LogP contribution in [0.2, 0.25) is 0 Å². The molecule has 142 valence electrons. The maximum Gasteiger partial charge on any atom is 0.416 e. The normalized spacial score (nSPS) is 11.6. The summed E-state index contributed by atoms with van der Waals surface area (Å²) < 4.78 is 37.6. The monoisotopic (exact) mass is 410 g/mol. The van der Waals surface area contributed by atoms with Gasteiger partial charge in [-0.25, -0.2) is 4.98 Å². The molecule has 3 aromatic rings. The van der Waals surface area contributed by atoms with Crippen molar-refractivity contribution in [3.8, 4) is 10.6 Å². The number of halogens is 3. The number of benzene rings is 1. The van der Waals surface area contributed by atoms with Gasteiger partial charge in [-0.05, 0) is 43.2 Å². The molecule has 0 aliphatic carbocycles. The lowest BCUT2D eigenvalue weighted by molar-refractivity contribution is -0.137. The van der Waals surface area contributed by atoms with E-state index in [1.807, 2.05) is 24.4 Å². The summed E-state index contributed by atoms with van der Waals surface area (Å²) >= 11 is 3.25. The van der Waals surface area contributed by atoms with Crippen LogP contribution < -0.4 is 5.32 Å². The van der Waals surface area contributed by atoms with Crippen molar-refractivity contribution in [1.82, 2.24) is 10.3 Å². The van der Waals surface area contributed by atoms with Gasteiger partial charge in [-0.2, -0.15) is 13.2 Å². The molecule has 8 heteroatoms. The third-order valence-electron chi connectivity index (χ3n) is 3.87. The number of nitrogens with zero attached hydrogens (tertiary/aromatic N) is 1. The van der Waals surface area contributed by atoms with Crippen LogP contribution in [-0.4, -0.2) is 17.4 Å². The van der Waals surface area contributed by atoms with Crippen molar-refractivity contribution in [3.63, 3.8) is 0 Å². The number of hydrogen-bond acceptors (Lipinski definition) is 4. The lowest BCUT2D eigenvalue weighted by atomic mass is 10.1. The number of carbonyl (C=O) groups excluding carboxylic acids is 1. The summed E-state index contributed by atoms with van der Waals surface area (Å²) in [5.41, 5.74) is 0.813. The first-order valence-electron chi connectivity index (χ1n) is 8.25. The number of thiophene rings is 1. The van der Waals surface area contributed by atoms with E-state index in [0.717, 1.165) is 32.6 Å². The highest BCUT2D eigenvalue weighted by atomic mass is 32.1. The molecule has 0 spiro atoms. The van der Waals surface area contributed by atoms with Crippen LogP contribution in [0, 0.1) is 6.92 Å². The summed E-state index contributed by atoms with van der Waals surface area (Å²) in [6, 6.07) is 8.72. The molecule has 0 aliphatic heterocycles. The molecular formula is C19H17F3N2OS2. The Bertz CT molecular complexity index is 914. The molecule has 0 atom stereocenters. The summed E-state index contributed by atoms with van der Waals surface area (Å²) in [5.74, 6) is -0.207. The number of carbonyl (C=O) groups is 1. The Morgan fingerprint density at radius 3 is 2.52 bits per heavy atom. The van der Waals surface area contributed by atoms with Crippen LogP contribution in [0.5, 0.6) is 0 Å². The lowest BCUT2D eigenvalue weighted by Gasteiger charge is -2.08. The van der Waals surface area contributed by atoms with Gasteiger partial charge in [0.1, 0.15) is 0 Å². The summed E-state index contributed by atoms with van der Waals surface area (Å²) in [6.07, 6.45) is -3.60. The Balaban J connectivity index is 1.46. The average Bonchev–Trinajstić information content (AvgIpc) is 3.23. The maximum atomic E-state index is 12.5. The van der Waals surface area contributed by atoms with Crippen molar-refractivity contribution >= 4 is 28.6 Å². The lowest BCUT2D eigenvalue weighted by Crippen LogP contribution is -2.27. The van der Waals surface area contributed by atoms with Gasteiger partial charge in [0.25, 0.3) is 0 Å². The van der Waals surface area contributed by atoms with Gasteiger partial charge in [0, 0.05) is 16.8 Å². The minimum absolute atomic E-state index is 0.0614. The van der Waals surface area contributed by atoms with Crippen LogP contribution >= 0.6 is 22.7 Å². The van der Waals surface area contributed by atoms with Gasteiger partial charge in [0.2, 0.25) is 5.91 Å². The Hall–Kier alpha value is -2.19. The molecule has 0 unspecified atom stereocenters. The number of thiazole rings is 1. The van der Waals surface area contributed by atoms with Gasteiger partial charge in [-0.15, -0.1) is 22.7 Å². The molecule has 2 heterocycles. The van der Waals surface area contributed by atoms with Gasteiger partial charge < -0.3 is 5.32 Å². The summed E-state index contributed by atoms with van der Waals surface area (Å²) in [5, 5.41) is 5.86. The SMILES string of the molecule is Cc1nc(-c2ccc(CCNC(=O)Cc3ccc(C(F)(F)F)cc3)s2)cs1. The van der Waals surface area contributed by atoms with Crippen LogP contribution in [-0.2, 0) is 23.8 Å². The van der Waals surface area contributed by atoms with Crippen molar-refractivity contribution in [2.75, 3.05) is 6.54 Å². The van der Waals surface area contributed by atoms with Crippen molar-refractivity contribution in [2.45, 2.75) is 25.9 Å². The molecule has 1 N–H and O–H groups in total. The first-order chi connectivity index (χ1) is 12.8. The van der Waals surface area contributed by atoms with E-state index in [0.29, 0.717) is 18.5 Å². The van der Waals surface area contributed by atoms with Crippen molar-refractivity contribution in [3.05, 3.63) is 62.8 Å². The quantitative estimate of drug-likeness (QED) is 0.614. The molecule has 0 saturated heterocycles. The van der Waals surface area contributed by atoms with Crippen molar-refractivity contribution < 1.29 is 18.0 Å². The summed E-state index contributed by atoms with van der Waals surface area (Å²) in [4.78, 5) is 18.7. The Morgan fingerprint density at radius 2 is 1.89 bits per heavy atom. The fraction of sp³-hybridized carbons (Fsp3) is 0.263. The minimum atomic E-state index is -4.36. The Morgan fingerprint density at radius 1 is 1.15 bits per heavy atom. The largest absolute Gasteiger partial charge is 0.416 e. The molecule has 0 saturated carbocycles. The third-order valence-corrected chi connectivity index (χ3v) is 5.81. The van der Waals surface area contributed by atoms with Gasteiger partial charge in [0.05, 0.1) is 27.6 Å². The van der Waals surface area contributed by atoms with Gasteiger partial charge in [0.15, 0.2) is 0 Å². The van der Waals surface area contributed by atoms with Crippen LogP contribution in [0.15, 0.2) is 41.8 Å². The van der Waals surface area contributed by atoms with Crippen molar-refractivity contribution in [2.24, 2.45) is 0 Å². The molecular weight excluding hydrogens is 393 g/mol. The van der Waals surface area contributed by atoms with Gasteiger partial charge >= 0.3 is 6.18 Å². The predicted octanol–water partition coefficient (Wildman–Crippen LogP) is 5.10. The molecule has 0 aliphatic rings. The molecule has 27 heavy (non-hydrogen) atoms. The second-order valence-electron chi connectivity index (χ2n) is 5.99. The zero-order valence-electron chi connectivity index (χ0n) is 14.5. The number of nitrogens with one attached hydrogen (secondary N) is 1. The molecule has 1 aromatic carbocycles. The van der Waals surface area contributed by atoms with Crippen LogP contribution in [0.3, 0.4) is 0 Å². The van der Waals surface area contributed by atoms with E-state index in [1.54, 1.807) is 22.7 Å². The molecule has 3 nitrogen and oxygen atoms in total. The minimum Gasteiger partial charge on any atom is -0.355 e. The zero-order valence-corrected chi connectivity index (χ0v) is 16.1. The fourth-order valence-corrected chi connectivity index (χ4v) is 4.17. The number of alkyl halides is 3. The van der Waals surface area contributed by atoms with Crippen LogP contribution in [0.25, 0.3) is 10.6 Å². The number of aryl methyl sites for hydroxylation is 1. The molecule has 0 radical (unpaired) electrons. The number of rotatable bonds is 6. The summed E-state index contributed by atoms with van der Waals surface area (Å²) in [7, 11) is 0. The van der Waals surface area contributed by atoms with E-state index in [-0.39, 0.29) is 12.3 Å². The van der Waals surface area contributed by atoms with E-state index in [4.69, 9.17) is 0 Å². The third kappa shape index (κ3) is 5.40. The number of aromatic nitrogens is 1.